The molecule has 1 aromatic rings. The minimum Gasteiger partial charge on any atom is -0.354 e. The molecule has 1 N–H and O–H groups in total. The van der Waals surface area contributed by atoms with E-state index in [2.05, 4.69) is 39.0 Å². The highest BCUT2D eigenvalue weighted by atomic mass is 15.3. The predicted molar refractivity (Wildman–Crippen MR) is 88.2 cm³/mol. The van der Waals surface area contributed by atoms with E-state index in [1.54, 1.807) is 0 Å². The maximum atomic E-state index is 4.60. The first-order valence-corrected chi connectivity index (χ1v) is 8.06. The van der Waals surface area contributed by atoms with Crippen LogP contribution in [0.2, 0.25) is 0 Å². The number of hydrogen-bond acceptors (Lipinski definition) is 6. The zero-order chi connectivity index (χ0) is 15.2. The van der Waals surface area contributed by atoms with Gasteiger partial charge in [0.05, 0.1) is 0 Å². The predicted octanol–water partition coefficient (Wildman–Crippen LogP) is 2.39. The normalized spacial score (nSPS) is 16.1. The monoisotopic (exact) mass is 292 g/mol. The molecule has 118 valence electrons. The molecule has 6 nitrogen and oxygen atoms in total. The third-order valence-electron chi connectivity index (χ3n) is 3.94. The average Bonchev–Trinajstić information content (AvgIpc) is 2.48. The van der Waals surface area contributed by atoms with Crippen LogP contribution < -0.4 is 15.1 Å². The van der Waals surface area contributed by atoms with Gasteiger partial charge in [0, 0.05) is 33.7 Å². The van der Waals surface area contributed by atoms with Crippen molar-refractivity contribution in [2.75, 3.05) is 48.8 Å². The largest absolute Gasteiger partial charge is 0.354 e. The van der Waals surface area contributed by atoms with Crippen molar-refractivity contribution in [2.24, 2.45) is 5.92 Å². The fraction of sp³-hybridized carbons (Fsp3) is 0.800. The van der Waals surface area contributed by atoms with E-state index in [4.69, 9.17) is 0 Å². The summed E-state index contributed by atoms with van der Waals surface area (Å²) >= 11 is 0. The van der Waals surface area contributed by atoms with Crippen molar-refractivity contribution in [3.8, 4) is 0 Å². The molecule has 0 atom stereocenters. The number of nitrogens with zero attached hydrogens (tertiary/aromatic N) is 5. The van der Waals surface area contributed by atoms with E-state index in [9.17, 15) is 0 Å². The Bertz CT molecular complexity index is 440. The Balaban J connectivity index is 2.11. The minimum absolute atomic E-state index is 0.668. The van der Waals surface area contributed by atoms with E-state index < -0.39 is 0 Å². The van der Waals surface area contributed by atoms with Gasteiger partial charge in [0.15, 0.2) is 0 Å². The van der Waals surface area contributed by atoms with Gasteiger partial charge in [-0.05, 0) is 25.7 Å². The van der Waals surface area contributed by atoms with E-state index in [1.807, 2.05) is 19.0 Å². The van der Waals surface area contributed by atoms with Crippen LogP contribution in [0.15, 0.2) is 0 Å². The standard InChI is InChI=1S/C15H28N6/c1-5-7-12-8-10-21(11-9-12)15-18-13(16-6-2)17-14(19-15)20(3)4/h12H,5-11H2,1-4H3,(H,16,17,18,19). The van der Waals surface area contributed by atoms with Gasteiger partial charge in [-0.15, -0.1) is 0 Å². The van der Waals surface area contributed by atoms with Crippen LogP contribution in [0.25, 0.3) is 0 Å². The molecule has 0 radical (unpaired) electrons. The first kappa shape index (κ1) is 15.8. The third-order valence-corrected chi connectivity index (χ3v) is 3.94. The van der Waals surface area contributed by atoms with Gasteiger partial charge >= 0.3 is 0 Å². The zero-order valence-electron chi connectivity index (χ0n) is 13.8. The summed E-state index contributed by atoms with van der Waals surface area (Å²) in [5, 5.41) is 3.20. The van der Waals surface area contributed by atoms with Gasteiger partial charge < -0.3 is 15.1 Å². The number of aromatic nitrogens is 3. The summed E-state index contributed by atoms with van der Waals surface area (Å²) in [5.74, 6) is 3.06. The Hall–Kier alpha value is -1.59. The number of piperidine rings is 1. The summed E-state index contributed by atoms with van der Waals surface area (Å²) in [4.78, 5) is 17.8. The molecule has 0 unspecified atom stereocenters. The van der Waals surface area contributed by atoms with E-state index in [-0.39, 0.29) is 0 Å². The van der Waals surface area contributed by atoms with Crippen LogP contribution in [0, 0.1) is 5.92 Å². The smallest absolute Gasteiger partial charge is 0.231 e. The van der Waals surface area contributed by atoms with Crippen molar-refractivity contribution >= 4 is 17.8 Å². The molecule has 0 bridgehead atoms. The Morgan fingerprint density at radius 3 is 2.43 bits per heavy atom. The third kappa shape index (κ3) is 4.19. The molecule has 2 heterocycles. The molecular weight excluding hydrogens is 264 g/mol. The van der Waals surface area contributed by atoms with E-state index in [0.717, 1.165) is 31.5 Å². The molecule has 0 amide bonds. The molecule has 1 aromatic heterocycles. The van der Waals surface area contributed by atoms with Crippen molar-refractivity contribution < 1.29 is 0 Å². The van der Waals surface area contributed by atoms with Crippen molar-refractivity contribution in [3.05, 3.63) is 0 Å². The van der Waals surface area contributed by atoms with Crippen LogP contribution in [0.1, 0.15) is 39.5 Å². The molecule has 1 aliphatic heterocycles. The van der Waals surface area contributed by atoms with Crippen LogP contribution >= 0.6 is 0 Å². The van der Waals surface area contributed by atoms with Gasteiger partial charge in [-0.2, -0.15) is 15.0 Å². The lowest BCUT2D eigenvalue weighted by molar-refractivity contribution is 0.376. The second-order valence-electron chi connectivity index (χ2n) is 5.90. The molecule has 0 spiro atoms. The van der Waals surface area contributed by atoms with E-state index in [1.165, 1.54) is 25.7 Å². The summed E-state index contributed by atoms with van der Waals surface area (Å²) in [6, 6.07) is 0. The Labute approximate surface area is 128 Å². The molecule has 1 aliphatic rings. The number of rotatable bonds is 6. The minimum atomic E-state index is 0.668. The lowest BCUT2D eigenvalue weighted by Crippen LogP contribution is -2.35. The highest BCUT2D eigenvalue weighted by Gasteiger charge is 2.21. The van der Waals surface area contributed by atoms with E-state index >= 15 is 0 Å². The highest BCUT2D eigenvalue weighted by molar-refractivity contribution is 5.44. The zero-order valence-corrected chi connectivity index (χ0v) is 13.8. The summed E-state index contributed by atoms with van der Waals surface area (Å²) in [6.07, 6.45) is 5.11. The van der Waals surface area contributed by atoms with Gasteiger partial charge in [-0.25, -0.2) is 0 Å². The maximum absolute atomic E-state index is 4.60. The molecule has 2 rings (SSSR count). The fourth-order valence-corrected chi connectivity index (χ4v) is 2.76. The van der Waals surface area contributed by atoms with E-state index in [0.29, 0.717) is 11.9 Å². The van der Waals surface area contributed by atoms with Gasteiger partial charge in [-0.3, -0.25) is 0 Å². The molecular formula is C15H28N6. The highest BCUT2D eigenvalue weighted by Crippen LogP contribution is 2.25. The molecule has 0 aromatic carbocycles. The second kappa shape index (κ2) is 7.43. The maximum Gasteiger partial charge on any atom is 0.231 e. The average molecular weight is 292 g/mol. The van der Waals surface area contributed by atoms with Crippen LogP contribution in [0.5, 0.6) is 0 Å². The first-order chi connectivity index (χ1) is 10.1. The SMILES string of the molecule is CCCC1CCN(c2nc(NCC)nc(N(C)C)n2)CC1. The first-order valence-electron chi connectivity index (χ1n) is 8.06. The van der Waals surface area contributed by atoms with Crippen molar-refractivity contribution in [1.82, 2.24) is 15.0 Å². The topological polar surface area (TPSA) is 57.2 Å². The molecule has 21 heavy (non-hydrogen) atoms. The number of anilines is 3. The second-order valence-corrected chi connectivity index (χ2v) is 5.90. The number of nitrogens with one attached hydrogen (secondary N) is 1. The van der Waals surface area contributed by atoms with Gasteiger partial charge in [-0.1, -0.05) is 19.8 Å². The fourth-order valence-electron chi connectivity index (χ4n) is 2.76. The lowest BCUT2D eigenvalue weighted by atomic mass is 9.93. The summed E-state index contributed by atoms with van der Waals surface area (Å²) in [5.41, 5.74) is 0. The van der Waals surface area contributed by atoms with Crippen LogP contribution in [-0.2, 0) is 0 Å². The quantitative estimate of drug-likeness (QED) is 0.869. The molecule has 6 heteroatoms. The van der Waals surface area contributed by atoms with Crippen LogP contribution in [-0.4, -0.2) is 48.7 Å². The molecule has 1 saturated heterocycles. The van der Waals surface area contributed by atoms with Crippen molar-refractivity contribution in [2.45, 2.75) is 39.5 Å². The Morgan fingerprint density at radius 2 is 1.86 bits per heavy atom. The van der Waals surface area contributed by atoms with Crippen LogP contribution in [0.3, 0.4) is 0 Å². The summed E-state index contributed by atoms with van der Waals surface area (Å²) < 4.78 is 0. The summed E-state index contributed by atoms with van der Waals surface area (Å²) in [7, 11) is 3.92. The van der Waals surface area contributed by atoms with Crippen molar-refractivity contribution in [3.63, 3.8) is 0 Å². The molecule has 0 aliphatic carbocycles. The molecule has 0 saturated carbocycles. The Morgan fingerprint density at radius 1 is 1.14 bits per heavy atom. The number of hydrogen-bond donors (Lipinski definition) is 1. The summed E-state index contributed by atoms with van der Waals surface area (Å²) in [6.45, 7) is 7.23. The van der Waals surface area contributed by atoms with Gasteiger partial charge in [0.1, 0.15) is 0 Å². The Kier molecular flexibility index (Phi) is 5.59. The van der Waals surface area contributed by atoms with Crippen LogP contribution in [0.4, 0.5) is 17.8 Å². The van der Waals surface area contributed by atoms with Gasteiger partial charge in [0.2, 0.25) is 17.8 Å². The molecule has 1 fully saturated rings. The lowest BCUT2D eigenvalue weighted by Gasteiger charge is -2.32. The van der Waals surface area contributed by atoms with Crippen molar-refractivity contribution in [1.29, 1.82) is 0 Å². The van der Waals surface area contributed by atoms with Gasteiger partial charge in [0.25, 0.3) is 0 Å².